The molecule has 1 saturated heterocycles. The molecule has 0 spiro atoms. The summed E-state index contributed by atoms with van der Waals surface area (Å²) in [6.45, 7) is 6.04. The topological polar surface area (TPSA) is 61.4 Å². The second kappa shape index (κ2) is 10.7. The molecular formula is C32H34FN5O. The molecule has 3 aromatic carbocycles. The average Bonchev–Trinajstić information content (AvgIpc) is 2.98. The van der Waals surface area contributed by atoms with Crippen molar-refractivity contribution in [2.45, 2.75) is 38.1 Å². The minimum atomic E-state index is -0.201. The van der Waals surface area contributed by atoms with Crippen LogP contribution >= 0.6 is 0 Å². The smallest absolute Gasteiger partial charge is 0.257 e. The molecule has 4 aromatic rings. The minimum absolute atomic E-state index is 0.0624. The third kappa shape index (κ3) is 5.11. The quantitative estimate of drug-likeness (QED) is 0.335. The number of halogens is 1. The number of amides is 1. The van der Waals surface area contributed by atoms with E-state index < -0.39 is 0 Å². The molecule has 1 aliphatic heterocycles. The molecule has 7 heteroatoms. The second-order valence-corrected chi connectivity index (χ2v) is 11.0. The summed E-state index contributed by atoms with van der Waals surface area (Å²) in [6.07, 6.45) is 6.10. The number of benzene rings is 3. The highest BCUT2D eigenvalue weighted by molar-refractivity contribution is 6.12. The fourth-order valence-electron chi connectivity index (χ4n) is 6.34. The maximum absolute atomic E-state index is 13.4. The van der Waals surface area contributed by atoms with Gasteiger partial charge in [0.1, 0.15) is 5.82 Å². The maximum Gasteiger partial charge on any atom is 0.257 e. The van der Waals surface area contributed by atoms with Gasteiger partial charge in [0, 0.05) is 48.5 Å². The molecule has 1 N–H and O–H groups in total. The van der Waals surface area contributed by atoms with E-state index in [-0.39, 0.29) is 17.3 Å². The standard InChI is InChI=1S/C32H34FN5O/c1-23-13-15-32(16-14-23,38-19-17-37(18-20-38)27-11-9-25(33)10-12-27)24-5-4-6-26(21-24)35-31(39)29-22-34-36-30-8-3-2-7-28(29)30/h2-12,21-23H,13-20H2,1H3,(H,35,39)/t23-,32-. The van der Waals surface area contributed by atoms with Crippen LogP contribution in [0.4, 0.5) is 15.8 Å². The van der Waals surface area contributed by atoms with Crippen molar-refractivity contribution >= 4 is 28.2 Å². The van der Waals surface area contributed by atoms with Crippen molar-refractivity contribution in [1.82, 2.24) is 15.1 Å². The van der Waals surface area contributed by atoms with E-state index in [0.717, 1.165) is 55.8 Å². The Kier molecular flexibility index (Phi) is 7.00. The first-order valence-corrected chi connectivity index (χ1v) is 13.9. The summed E-state index contributed by atoms with van der Waals surface area (Å²) in [5, 5.41) is 12.1. The summed E-state index contributed by atoms with van der Waals surface area (Å²) in [7, 11) is 0. The molecule has 39 heavy (non-hydrogen) atoms. The van der Waals surface area contributed by atoms with Crippen molar-refractivity contribution < 1.29 is 9.18 Å². The molecule has 1 amide bonds. The first-order chi connectivity index (χ1) is 19.0. The van der Waals surface area contributed by atoms with Gasteiger partial charge in [-0.2, -0.15) is 10.2 Å². The highest BCUT2D eigenvalue weighted by Crippen LogP contribution is 2.45. The molecule has 2 fully saturated rings. The number of nitrogens with one attached hydrogen (secondary N) is 1. The molecule has 2 heterocycles. The molecule has 6 nitrogen and oxygen atoms in total. The fraction of sp³-hybridized carbons (Fsp3) is 0.344. The van der Waals surface area contributed by atoms with Gasteiger partial charge in [-0.1, -0.05) is 37.3 Å². The van der Waals surface area contributed by atoms with Crippen molar-refractivity contribution in [3.8, 4) is 0 Å². The predicted molar refractivity (Wildman–Crippen MR) is 153 cm³/mol. The second-order valence-electron chi connectivity index (χ2n) is 11.0. The van der Waals surface area contributed by atoms with Crippen molar-refractivity contribution in [2.75, 3.05) is 36.4 Å². The van der Waals surface area contributed by atoms with E-state index >= 15 is 0 Å². The van der Waals surface area contributed by atoms with Crippen molar-refractivity contribution in [1.29, 1.82) is 0 Å². The van der Waals surface area contributed by atoms with Gasteiger partial charge in [-0.3, -0.25) is 9.69 Å². The Bertz CT molecular complexity index is 1450. The van der Waals surface area contributed by atoms with Crippen LogP contribution in [0.25, 0.3) is 10.9 Å². The summed E-state index contributed by atoms with van der Waals surface area (Å²) in [4.78, 5) is 18.3. The van der Waals surface area contributed by atoms with E-state index in [2.05, 4.69) is 50.4 Å². The lowest BCUT2D eigenvalue weighted by molar-refractivity contribution is 0.0299. The summed E-state index contributed by atoms with van der Waals surface area (Å²) in [5.41, 5.74) is 4.29. The number of carbonyl (C=O) groups excluding carboxylic acids is 1. The van der Waals surface area contributed by atoms with Gasteiger partial charge in [-0.15, -0.1) is 0 Å². The Balaban J connectivity index is 1.24. The maximum atomic E-state index is 13.4. The lowest BCUT2D eigenvalue weighted by Crippen LogP contribution is -2.56. The molecule has 1 aromatic heterocycles. The van der Waals surface area contributed by atoms with E-state index in [4.69, 9.17) is 0 Å². The van der Waals surface area contributed by atoms with Gasteiger partial charge in [0.05, 0.1) is 17.3 Å². The largest absolute Gasteiger partial charge is 0.369 e. The van der Waals surface area contributed by atoms with Crippen LogP contribution in [-0.2, 0) is 5.54 Å². The molecule has 200 valence electrons. The Hall–Kier alpha value is -3.84. The normalized spacial score (nSPS) is 22.1. The van der Waals surface area contributed by atoms with Crippen molar-refractivity contribution in [3.63, 3.8) is 0 Å². The van der Waals surface area contributed by atoms with Crippen molar-refractivity contribution in [3.05, 3.63) is 95.9 Å². The molecule has 1 aliphatic carbocycles. The van der Waals surface area contributed by atoms with Crippen LogP contribution in [0.15, 0.2) is 79.0 Å². The molecule has 6 rings (SSSR count). The SMILES string of the molecule is C[C@H]1CC[C@](c2cccc(NC(=O)c3cnnc4ccccc34)c2)(N2CCN(c3ccc(F)cc3)CC2)CC1. The molecule has 0 radical (unpaired) electrons. The Morgan fingerprint density at radius 3 is 2.46 bits per heavy atom. The van der Waals surface area contributed by atoms with E-state index in [1.807, 2.05) is 42.5 Å². The monoisotopic (exact) mass is 523 g/mol. The number of fused-ring (bicyclic) bond motifs is 1. The third-order valence-electron chi connectivity index (χ3n) is 8.63. The van der Waals surface area contributed by atoms with Crippen molar-refractivity contribution in [2.24, 2.45) is 5.92 Å². The Morgan fingerprint density at radius 1 is 0.949 bits per heavy atom. The van der Waals surface area contributed by atoms with E-state index in [1.165, 1.54) is 36.7 Å². The molecule has 0 atom stereocenters. The number of rotatable bonds is 5. The highest BCUT2D eigenvalue weighted by atomic mass is 19.1. The van der Waals surface area contributed by atoms with Gasteiger partial charge >= 0.3 is 0 Å². The first-order valence-electron chi connectivity index (χ1n) is 13.9. The number of hydrogen-bond acceptors (Lipinski definition) is 5. The van der Waals surface area contributed by atoms with Crippen LogP contribution in [0.5, 0.6) is 0 Å². The van der Waals surface area contributed by atoms with Gasteiger partial charge in [0.25, 0.3) is 5.91 Å². The van der Waals surface area contributed by atoms with Crippen LogP contribution in [0.1, 0.15) is 48.5 Å². The summed E-state index contributed by atoms with van der Waals surface area (Å²) in [5.74, 6) is 0.333. The minimum Gasteiger partial charge on any atom is -0.369 e. The number of aromatic nitrogens is 2. The molecule has 0 bridgehead atoms. The number of carbonyl (C=O) groups is 1. The summed E-state index contributed by atoms with van der Waals surface area (Å²) >= 11 is 0. The lowest BCUT2D eigenvalue weighted by Gasteiger charge is -2.51. The number of nitrogens with zero attached hydrogens (tertiary/aromatic N) is 4. The van der Waals surface area contributed by atoms with Gasteiger partial charge < -0.3 is 10.2 Å². The highest BCUT2D eigenvalue weighted by Gasteiger charge is 2.42. The number of piperazine rings is 1. The zero-order valence-electron chi connectivity index (χ0n) is 22.3. The van der Waals surface area contributed by atoms with Gasteiger partial charge in [-0.05, 0) is 79.6 Å². The Morgan fingerprint density at radius 2 is 1.69 bits per heavy atom. The number of anilines is 2. The van der Waals surface area contributed by atoms with Crippen LogP contribution in [-0.4, -0.2) is 47.2 Å². The van der Waals surface area contributed by atoms with Crippen LogP contribution in [0.2, 0.25) is 0 Å². The third-order valence-corrected chi connectivity index (χ3v) is 8.63. The molecule has 1 saturated carbocycles. The fourth-order valence-corrected chi connectivity index (χ4v) is 6.34. The van der Waals surface area contributed by atoms with Crippen LogP contribution in [0, 0.1) is 11.7 Å². The molecule has 2 aliphatic rings. The van der Waals surface area contributed by atoms with E-state index in [1.54, 1.807) is 0 Å². The van der Waals surface area contributed by atoms with Crippen LogP contribution < -0.4 is 10.2 Å². The average molecular weight is 524 g/mol. The zero-order valence-corrected chi connectivity index (χ0v) is 22.3. The Labute approximate surface area is 228 Å². The van der Waals surface area contributed by atoms with Gasteiger partial charge in [-0.25, -0.2) is 4.39 Å². The van der Waals surface area contributed by atoms with E-state index in [0.29, 0.717) is 17.0 Å². The van der Waals surface area contributed by atoms with Gasteiger partial charge in [0.2, 0.25) is 0 Å². The molecular weight excluding hydrogens is 489 g/mol. The molecule has 0 unspecified atom stereocenters. The summed E-state index contributed by atoms with van der Waals surface area (Å²) in [6, 6.07) is 22.8. The first kappa shape index (κ1) is 25.4. The van der Waals surface area contributed by atoms with Crippen LogP contribution in [0.3, 0.4) is 0 Å². The zero-order chi connectivity index (χ0) is 26.8. The van der Waals surface area contributed by atoms with Gasteiger partial charge in [0.15, 0.2) is 0 Å². The number of hydrogen-bond donors (Lipinski definition) is 1. The summed E-state index contributed by atoms with van der Waals surface area (Å²) < 4.78 is 13.4. The van der Waals surface area contributed by atoms with E-state index in [9.17, 15) is 9.18 Å². The lowest BCUT2D eigenvalue weighted by atomic mass is 9.71. The predicted octanol–water partition coefficient (Wildman–Crippen LogP) is 6.25.